The summed E-state index contributed by atoms with van der Waals surface area (Å²) in [6.07, 6.45) is -11.6. The molecule has 0 aromatic heterocycles. The molecule has 0 bridgehead atoms. The van der Waals surface area contributed by atoms with Crippen LogP contribution in [0.5, 0.6) is 5.75 Å². The largest absolute Gasteiger partial charge is 0.463 e. The molecule has 0 saturated carbocycles. The van der Waals surface area contributed by atoms with Crippen molar-refractivity contribution in [1.82, 2.24) is 41.9 Å². The highest BCUT2D eigenvalue weighted by molar-refractivity contribution is 7.45. The lowest BCUT2D eigenvalue weighted by molar-refractivity contribution is -0.269. The molecule has 0 spiro atoms. The topological polar surface area (TPSA) is 563 Å². The van der Waals surface area contributed by atoms with Gasteiger partial charge in [0.05, 0.1) is 157 Å². The van der Waals surface area contributed by atoms with Crippen molar-refractivity contribution < 1.29 is 176 Å². The van der Waals surface area contributed by atoms with Gasteiger partial charge >= 0.3 is 50.3 Å². The van der Waals surface area contributed by atoms with Crippen LogP contribution in [-0.2, 0) is 178 Å². The smallest absolute Gasteiger partial charge is 0.321 e. The molecule has 3 fully saturated rings. The fraction of sp³-hybridized carbons (Fsp3) is 0.750. The van der Waals surface area contributed by atoms with E-state index in [4.69, 9.17) is 114 Å². The van der Waals surface area contributed by atoms with Crippen LogP contribution in [0.25, 0.3) is 0 Å². The number of fused-ring (bicyclic) bond motifs is 1. The summed E-state index contributed by atoms with van der Waals surface area (Å²) < 4.78 is 134. The van der Waals surface area contributed by atoms with Gasteiger partial charge in [0, 0.05) is 145 Å². The third kappa shape index (κ3) is 45.0. The van der Waals surface area contributed by atoms with Gasteiger partial charge in [-0.05, 0) is 45.7 Å². The summed E-state index contributed by atoms with van der Waals surface area (Å²) in [4.78, 5) is 175. The molecule has 0 radical (unpaired) electrons. The number of nitrogens with zero attached hydrogens (tertiary/aromatic N) is 2. The summed E-state index contributed by atoms with van der Waals surface area (Å²) >= 11 is 0. The number of ether oxygens (including phenoxy) is 21. The number of nitrogens with one attached hydrogen (secondary N) is 7. The first-order chi connectivity index (χ1) is 62.6. The van der Waals surface area contributed by atoms with Crippen LogP contribution in [0.15, 0.2) is 18.2 Å². The number of benzene rings is 1. The molecule has 46 nitrogen and oxygen atoms in total. The number of aryl methyl sites for hydroxylation is 1. The van der Waals surface area contributed by atoms with Gasteiger partial charge in [0.1, 0.15) is 42.2 Å². The van der Waals surface area contributed by atoms with Gasteiger partial charge in [-0.15, -0.1) is 0 Å². The first-order valence-corrected chi connectivity index (χ1v) is 44.6. The van der Waals surface area contributed by atoms with Crippen LogP contribution in [-0.4, -0.2) is 351 Å². The van der Waals surface area contributed by atoms with E-state index in [1.807, 2.05) is 18.2 Å². The minimum absolute atomic E-state index is 0.0114. The molecule has 131 heavy (non-hydrogen) atoms. The van der Waals surface area contributed by atoms with Crippen LogP contribution in [0.3, 0.4) is 0 Å². The number of rotatable bonds is 63. The SMILES string of the molecule is CC(=O)N[C@@H]1[C@H](OCCOCCNC(=O)CCOCC(COCCC(=O)NCCOCCO[C@H]2C[C@@H](OC(C)=O)[C@@H](OC(C)=O)[C@@H](COC(C)=O)O2)(COCCC(=O)NCCOCCO[C@H]2OC[C@@H](OC(C)=O)[C@@H](OC(C)=O)[C@@H]2NC(C)=O)NC(=O)CCOCCOCCNC(=O)CCc2ccc3c(c2)C(C)N(C(C)C)P(OCCC#N)O3)O[C@H](C)[C@@H](OC(C)=O)[C@H]1OC(C)=O. The highest BCUT2D eigenvalue weighted by Crippen LogP contribution is 2.56. The van der Waals surface area contributed by atoms with Crippen molar-refractivity contribution in [2.75, 3.05) is 172 Å². The molecule has 740 valence electrons. The Balaban J connectivity index is 1.19. The fourth-order valence-corrected chi connectivity index (χ4v) is 15.3. The molecule has 47 heteroatoms. The van der Waals surface area contributed by atoms with Gasteiger partial charge in [-0.25, -0.2) is 4.67 Å². The highest BCUT2D eigenvalue weighted by atomic mass is 31.2. The maximum atomic E-state index is 14.1. The zero-order valence-electron chi connectivity index (χ0n) is 76.9. The lowest BCUT2D eigenvalue weighted by Gasteiger charge is -2.44. The van der Waals surface area contributed by atoms with Gasteiger partial charge in [0.15, 0.2) is 49.4 Å². The Kier molecular flexibility index (Phi) is 53.5. The van der Waals surface area contributed by atoms with E-state index in [1.54, 1.807) is 6.92 Å². The second-order valence-corrected chi connectivity index (χ2v) is 32.1. The number of carbonyl (C=O) groups excluding carboxylic acids is 14. The molecule has 4 aliphatic heterocycles. The number of nitriles is 1. The Morgan fingerprint density at radius 3 is 1.42 bits per heavy atom. The Bertz CT molecular complexity index is 3790. The lowest BCUT2D eigenvalue weighted by Crippen LogP contribution is -2.65. The molecular weight excluding hydrogens is 1760 g/mol. The summed E-state index contributed by atoms with van der Waals surface area (Å²) in [6.45, 7) is 16.8. The minimum Gasteiger partial charge on any atom is -0.463 e. The molecule has 4 aliphatic rings. The average Bonchev–Trinajstić information content (AvgIpc) is 0.762. The van der Waals surface area contributed by atoms with Gasteiger partial charge < -0.3 is 146 Å². The molecule has 5 rings (SSSR count). The molecule has 0 aliphatic carbocycles. The minimum atomic E-state index is -1.57. The number of hydrogen-bond acceptors (Lipinski definition) is 39. The average molecular weight is 1890 g/mol. The maximum absolute atomic E-state index is 14.1. The fourth-order valence-electron chi connectivity index (χ4n) is 13.7. The first kappa shape index (κ1) is 112. The van der Waals surface area contributed by atoms with E-state index in [0.717, 1.165) is 25.0 Å². The van der Waals surface area contributed by atoms with Gasteiger partial charge in [0.2, 0.25) is 41.4 Å². The number of amides is 7. The number of carbonyl (C=O) groups is 14. The molecule has 1 aromatic carbocycles. The normalized spacial score (nSPS) is 22.7. The zero-order chi connectivity index (χ0) is 96.2. The molecule has 7 amide bonds. The van der Waals surface area contributed by atoms with E-state index in [9.17, 15) is 67.1 Å². The first-order valence-electron chi connectivity index (χ1n) is 43.4. The third-order valence-corrected chi connectivity index (χ3v) is 21.2. The van der Waals surface area contributed by atoms with Crippen LogP contribution in [0, 0.1) is 11.3 Å². The van der Waals surface area contributed by atoms with Crippen LogP contribution in [0.1, 0.15) is 152 Å². The summed E-state index contributed by atoms with van der Waals surface area (Å²) in [5.74, 6) is -7.14. The second kappa shape index (κ2) is 62.4. The van der Waals surface area contributed by atoms with Crippen molar-refractivity contribution in [3.8, 4) is 11.8 Å². The standard InChI is InChI=1S/C84H132N9O37P/c1-52(2)93-53(3)65-45-64(15-17-66(65)130-131(93)121-28-14-23-85)16-18-70(103)86-24-33-109-38-37-108-29-22-74(107)92-84(50-114-31-20-72(105)88-26-35-111-40-43-117-82-76(90-55(5)94)80(127-62(12)101)69(48-120-82)124-59(9)98,49-113-30-19-71(104)87-25-34-110-39-42-116-75-46-67(123-58(8)97)79(126-61(11)100)68(129-75)47-119-57(7)96)51-115-32-21-73(106)89-27-36-112-41-44-118-83-77(91-56(6)95)81(128-63(13)102)78(54(4)122-83)125-60(10)99/h15,17,45,52-54,67-69,75-83H,14,16,18-22,24-44,46-51H2,1-13H3,(H,86,103)(H,87,104)(H,88,105)(H,89,106)(H,90,94)(H,91,95)(H,92,107)/t53?,54-,67-,68-,69-,75-,76+,77+,78-,79-,80-,81+,82+,83-,84?,131?/m1/s1. The molecule has 1 aromatic rings. The summed E-state index contributed by atoms with van der Waals surface area (Å²) in [7, 11) is -1.42. The Labute approximate surface area is 762 Å². The van der Waals surface area contributed by atoms with Crippen molar-refractivity contribution in [3.05, 3.63) is 29.3 Å². The van der Waals surface area contributed by atoms with Gasteiger partial charge in [0.25, 0.3) is 0 Å². The van der Waals surface area contributed by atoms with E-state index in [1.165, 1.54) is 48.5 Å². The van der Waals surface area contributed by atoms with Gasteiger partial charge in [-0.2, -0.15) is 5.26 Å². The van der Waals surface area contributed by atoms with Crippen LogP contribution < -0.4 is 41.7 Å². The van der Waals surface area contributed by atoms with Crippen molar-refractivity contribution in [2.45, 2.75) is 239 Å². The highest BCUT2D eigenvalue weighted by Gasteiger charge is 2.51. The molecule has 4 heterocycles. The van der Waals surface area contributed by atoms with Gasteiger partial charge in [-0.1, -0.05) is 12.1 Å². The van der Waals surface area contributed by atoms with Crippen molar-refractivity contribution in [1.29, 1.82) is 5.26 Å². The Morgan fingerprint density at radius 1 is 0.481 bits per heavy atom. The van der Waals surface area contributed by atoms with Crippen molar-refractivity contribution in [2.24, 2.45) is 0 Å². The van der Waals surface area contributed by atoms with E-state index >= 15 is 0 Å². The lowest BCUT2D eigenvalue weighted by atomic mass is 9.96. The Morgan fingerprint density at radius 2 is 0.924 bits per heavy atom. The van der Waals surface area contributed by atoms with Crippen molar-refractivity contribution in [3.63, 3.8) is 0 Å². The van der Waals surface area contributed by atoms with E-state index in [-0.39, 0.29) is 234 Å². The van der Waals surface area contributed by atoms with Crippen LogP contribution >= 0.6 is 8.53 Å². The molecule has 16 atom stereocenters. The molecular formula is C84H132N9O37P. The predicted octanol–water partition coefficient (Wildman–Crippen LogP) is 0.382. The molecule has 7 N–H and O–H groups in total. The molecule has 3 saturated heterocycles. The van der Waals surface area contributed by atoms with Gasteiger partial charge in [-0.3, -0.25) is 67.1 Å². The summed E-state index contributed by atoms with van der Waals surface area (Å²) in [5.41, 5.74) is 0.362. The summed E-state index contributed by atoms with van der Waals surface area (Å²) in [6, 6.07) is 5.85. The van der Waals surface area contributed by atoms with E-state index in [2.05, 4.69) is 68.7 Å². The summed E-state index contributed by atoms with van der Waals surface area (Å²) in [5, 5.41) is 28.3. The third-order valence-electron chi connectivity index (χ3n) is 19.2. The van der Waals surface area contributed by atoms with E-state index in [0.29, 0.717) is 12.2 Å². The van der Waals surface area contributed by atoms with Crippen LogP contribution in [0.4, 0.5) is 0 Å². The number of esters is 7. The zero-order valence-corrected chi connectivity index (χ0v) is 77.8. The maximum Gasteiger partial charge on any atom is 0.321 e. The molecule has 3 unspecified atom stereocenters. The van der Waals surface area contributed by atoms with E-state index < -0.39 is 171 Å². The van der Waals surface area contributed by atoms with Crippen LogP contribution in [0.2, 0.25) is 0 Å². The second-order valence-electron chi connectivity index (χ2n) is 30.8. The monoisotopic (exact) mass is 1890 g/mol. The number of hydrogen-bond donors (Lipinski definition) is 7. The quantitative estimate of drug-likeness (QED) is 0.0201. The Hall–Kier alpha value is -9.12. The predicted molar refractivity (Wildman–Crippen MR) is 452 cm³/mol. The van der Waals surface area contributed by atoms with Crippen molar-refractivity contribution >= 4 is 91.7 Å².